The van der Waals surface area contributed by atoms with E-state index < -0.39 is 30.4 Å². The zero-order valence-corrected chi connectivity index (χ0v) is 16.3. The van der Waals surface area contributed by atoms with Crippen LogP contribution in [0.3, 0.4) is 0 Å². The molecule has 0 bridgehead atoms. The van der Waals surface area contributed by atoms with Gasteiger partial charge in [0.1, 0.15) is 12.7 Å². The second-order valence-electron chi connectivity index (χ2n) is 6.88. The SMILES string of the molecule is CCC(CC)C(=O)OCC1CC(O)C(OC(=O)C(CC)CC)C(O)CO1. The lowest BCUT2D eigenvalue weighted by atomic mass is 10.0. The van der Waals surface area contributed by atoms with Gasteiger partial charge in [0.2, 0.25) is 0 Å². The first-order chi connectivity index (χ1) is 12.4. The summed E-state index contributed by atoms with van der Waals surface area (Å²) < 4.78 is 16.2. The van der Waals surface area contributed by atoms with Crippen LogP contribution >= 0.6 is 0 Å². The van der Waals surface area contributed by atoms with E-state index in [1.54, 1.807) is 0 Å². The highest BCUT2D eigenvalue weighted by atomic mass is 16.6. The van der Waals surface area contributed by atoms with Gasteiger partial charge in [0.25, 0.3) is 0 Å². The molecule has 26 heavy (non-hydrogen) atoms. The lowest BCUT2D eigenvalue weighted by Gasteiger charge is -2.26. The number of aliphatic hydroxyl groups excluding tert-OH is 2. The van der Waals surface area contributed by atoms with Crippen LogP contribution in [-0.4, -0.2) is 59.8 Å². The summed E-state index contributed by atoms with van der Waals surface area (Å²) in [5.41, 5.74) is 0. The number of carbonyl (C=O) groups is 2. The molecule has 0 saturated carbocycles. The molecule has 0 amide bonds. The third-order valence-electron chi connectivity index (χ3n) is 5.07. The molecule has 0 spiro atoms. The maximum atomic E-state index is 12.2. The van der Waals surface area contributed by atoms with Crippen molar-refractivity contribution in [1.82, 2.24) is 0 Å². The Bertz CT molecular complexity index is 432. The van der Waals surface area contributed by atoms with Gasteiger partial charge < -0.3 is 24.4 Å². The molecule has 1 heterocycles. The fourth-order valence-corrected chi connectivity index (χ4v) is 3.10. The molecular weight excluding hydrogens is 340 g/mol. The molecule has 0 aromatic carbocycles. The van der Waals surface area contributed by atoms with E-state index in [2.05, 4.69) is 0 Å². The maximum Gasteiger partial charge on any atom is 0.309 e. The van der Waals surface area contributed by atoms with E-state index >= 15 is 0 Å². The van der Waals surface area contributed by atoms with E-state index in [0.29, 0.717) is 25.7 Å². The molecular formula is C19H34O7. The van der Waals surface area contributed by atoms with Gasteiger partial charge in [-0.05, 0) is 25.7 Å². The van der Waals surface area contributed by atoms with E-state index in [-0.39, 0.29) is 37.4 Å². The molecule has 2 N–H and O–H groups in total. The summed E-state index contributed by atoms with van der Waals surface area (Å²) in [6, 6.07) is 0. The Labute approximate surface area is 156 Å². The van der Waals surface area contributed by atoms with E-state index in [1.165, 1.54) is 0 Å². The van der Waals surface area contributed by atoms with Crippen LogP contribution in [0, 0.1) is 11.8 Å². The Morgan fingerprint density at radius 1 is 0.962 bits per heavy atom. The number of hydrogen-bond acceptors (Lipinski definition) is 7. The van der Waals surface area contributed by atoms with Crippen LogP contribution < -0.4 is 0 Å². The van der Waals surface area contributed by atoms with Gasteiger partial charge in [0, 0.05) is 6.42 Å². The van der Waals surface area contributed by atoms with Crippen LogP contribution in [0.4, 0.5) is 0 Å². The van der Waals surface area contributed by atoms with Gasteiger partial charge in [-0.2, -0.15) is 0 Å². The molecule has 4 unspecified atom stereocenters. The van der Waals surface area contributed by atoms with Crippen molar-refractivity contribution < 1.29 is 34.0 Å². The maximum absolute atomic E-state index is 12.2. The monoisotopic (exact) mass is 374 g/mol. The molecule has 0 aromatic rings. The molecule has 1 fully saturated rings. The van der Waals surface area contributed by atoms with Crippen LogP contribution in [-0.2, 0) is 23.8 Å². The van der Waals surface area contributed by atoms with Crippen LogP contribution in [0.2, 0.25) is 0 Å². The second kappa shape index (κ2) is 11.5. The summed E-state index contributed by atoms with van der Waals surface area (Å²) in [6.07, 6.45) is -0.984. The van der Waals surface area contributed by atoms with Crippen molar-refractivity contribution >= 4 is 11.9 Å². The van der Waals surface area contributed by atoms with Gasteiger partial charge in [0.05, 0.1) is 30.7 Å². The van der Waals surface area contributed by atoms with Gasteiger partial charge in [-0.25, -0.2) is 0 Å². The standard InChI is InChI=1S/C19H34O7/c1-5-12(6-2)18(22)25-10-14-9-15(20)17(16(21)11-24-14)26-19(23)13(7-3)8-4/h12-17,20-21H,5-11H2,1-4H3. The van der Waals surface area contributed by atoms with E-state index in [0.717, 1.165) is 0 Å². The van der Waals surface area contributed by atoms with Gasteiger partial charge in [0.15, 0.2) is 6.10 Å². The van der Waals surface area contributed by atoms with Crippen LogP contribution in [0.1, 0.15) is 59.8 Å². The van der Waals surface area contributed by atoms with Crippen molar-refractivity contribution in [3.05, 3.63) is 0 Å². The number of aliphatic hydroxyl groups is 2. The van der Waals surface area contributed by atoms with Crippen molar-refractivity contribution in [2.24, 2.45) is 11.8 Å². The average Bonchev–Trinajstić information content (AvgIpc) is 2.75. The number of esters is 2. The normalized spacial score (nSPS) is 26.6. The van der Waals surface area contributed by atoms with Crippen molar-refractivity contribution in [2.75, 3.05) is 13.2 Å². The van der Waals surface area contributed by atoms with Crippen LogP contribution in [0.15, 0.2) is 0 Å². The van der Waals surface area contributed by atoms with E-state index in [9.17, 15) is 19.8 Å². The molecule has 0 radical (unpaired) electrons. The summed E-state index contributed by atoms with van der Waals surface area (Å²) in [4.78, 5) is 24.1. The smallest absolute Gasteiger partial charge is 0.309 e. The van der Waals surface area contributed by atoms with Crippen molar-refractivity contribution in [3.63, 3.8) is 0 Å². The minimum absolute atomic E-state index is 0.00627. The lowest BCUT2D eigenvalue weighted by molar-refractivity contribution is -0.169. The summed E-state index contributed by atoms with van der Waals surface area (Å²) >= 11 is 0. The minimum Gasteiger partial charge on any atom is -0.463 e. The number of carbonyl (C=O) groups excluding carboxylic acids is 2. The summed E-state index contributed by atoms with van der Waals surface area (Å²) in [5, 5.41) is 20.6. The fraction of sp³-hybridized carbons (Fsp3) is 0.895. The topological polar surface area (TPSA) is 102 Å². The number of rotatable bonds is 9. The summed E-state index contributed by atoms with van der Waals surface area (Å²) in [5.74, 6) is -1.10. The number of ether oxygens (including phenoxy) is 3. The van der Waals surface area contributed by atoms with Gasteiger partial charge in [-0.15, -0.1) is 0 Å². The highest BCUT2D eigenvalue weighted by molar-refractivity contribution is 5.72. The molecule has 0 aromatic heterocycles. The Morgan fingerprint density at radius 3 is 2.04 bits per heavy atom. The third-order valence-corrected chi connectivity index (χ3v) is 5.07. The van der Waals surface area contributed by atoms with Crippen molar-refractivity contribution in [2.45, 2.75) is 84.2 Å². The molecule has 7 heteroatoms. The first-order valence-electron chi connectivity index (χ1n) is 9.72. The first kappa shape index (κ1) is 22.9. The quantitative estimate of drug-likeness (QED) is 0.594. The molecule has 152 valence electrons. The predicted octanol–water partition coefficient (Wildman–Crippen LogP) is 1.82. The van der Waals surface area contributed by atoms with Gasteiger partial charge in [-0.3, -0.25) is 9.59 Å². The van der Waals surface area contributed by atoms with Crippen molar-refractivity contribution in [3.8, 4) is 0 Å². The average molecular weight is 374 g/mol. The largest absolute Gasteiger partial charge is 0.463 e. The zero-order valence-electron chi connectivity index (χ0n) is 16.3. The molecule has 1 aliphatic rings. The lowest BCUT2D eigenvalue weighted by Crippen LogP contribution is -2.42. The Hall–Kier alpha value is -1.18. The summed E-state index contributed by atoms with van der Waals surface area (Å²) in [6.45, 7) is 7.55. The van der Waals surface area contributed by atoms with Crippen LogP contribution in [0.25, 0.3) is 0 Å². The van der Waals surface area contributed by atoms with E-state index in [4.69, 9.17) is 14.2 Å². The Morgan fingerprint density at radius 2 is 1.50 bits per heavy atom. The van der Waals surface area contributed by atoms with E-state index in [1.807, 2.05) is 27.7 Å². The molecule has 0 aliphatic carbocycles. The molecule has 1 saturated heterocycles. The highest BCUT2D eigenvalue weighted by Gasteiger charge is 2.37. The molecule has 1 rings (SSSR count). The fourth-order valence-electron chi connectivity index (χ4n) is 3.10. The molecule has 4 atom stereocenters. The van der Waals surface area contributed by atoms with Gasteiger partial charge >= 0.3 is 11.9 Å². The zero-order chi connectivity index (χ0) is 19.7. The van der Waals surface area contributed by atoms with Crippen molar-refractivity contribution in [1.29, 1.82) is 0 Å². The highest BCUT2D eigenvalue weighted by Crippen LogP contribution is 2.22. The Balaban J connectivity index is 2.61. The minimum atomic E-state index is -1.12. The summed E-state index contributed by atoms with van der Waals surface area (Å²) in [7, 11) is 0. The molecule has 1 aliphatic heterocycles. The second-order valence-corrected chi connectivity index (χ2v) is 6.88. The van der Waals surface area contributed by atoms with Crippen LogP contribution in [0.5, 0.6) is 0 Å². The molecule has 7 nitrogen and oxygen atoms in total. The predicted molar refractivity (Wildman–Crippen MR) is 95.4 cm³/mol. The van der Waals surface area contributed by atoms with Gasteiger partial charge in [-0.1, -0.05) is 27.7 Å². The first-order valence-corrected chi connectivity index (χ1v) is 9.72. The number of hydrogen-bond donors (Lipinski definition) is 2. The third kappa shape index (κ3) is 6.52. The Kier molecular flexibility index (Phi) is 10.1.